The zero-order chi connectivity index (χ0) is 17.5. The van der Waals surface area contributed by atoms with Gasteiger partial charge in [-0.15, -0.1) is 0 Å². The average Bonchev–Trinajstić information content (AvgIpc) is 2.86. The van der Waals surface area contributed by atoms with Gasteiger partial charge in [-0.2, -0.15) is 10.1 Å². The maximum atomic E-state index is 12.1. The van der Waals surface area contributed by atoms with Gasteiger partial charge in [0.15, 0.2) is 5.82 Å². The van der Waals surface area contributed by atoms with Crippen LogP contribution in [0, 0.1) is 12.8 Å². The zero-order valence-corrected chi connectivity index (χ0v) is 14.7. The highest BCUT2D eigenvalue weighted by Crippen LogP contribution is 2.13. The summed E-state index contributed by atoms with van der Waals surface area (Å²) in [6.07, 6.45) is 2.33. The number of guanidine groups is 1. The second kappa shape index (κ2) is 8.67. The molecule has 130 valence electrons. The molecular weight excluding hydrogens is 294 g/mol. The molecule has 7 heteroatoms. The molecule has 0 radical (unpaired) electrons. The van der Waals surface area contributed by atoms with Crippen LogP contribution in [0.15, 0.2) is 11.1 Å². The predicted octanol–water partition coefficient (Wildman–Crippen LogP) is 2.20. The number of anilines is 1. The topological polar surface area (TPSA) is 102 Å². The van der Waals surface area contributed by atoms with E-state index in [2.05, 4.69) is 39.7 Å². The lowest BCUT2D eigenvalue weighted by atomic mass is 9.99. The third-order valence-corrected chi connectivity index (χ3v) is 3.50. The van der Waals surface area contributed by atoms with Crippen LogP contribution in [-0.2, 0) is 4.79 Å². The highest BCUT2D eigenvalue weighted by Gasteiger charge is 2.16. The summed E-state index contributed by atoms with van der Waals surface area (Å²) >= 11 is 0. The Balaban J connectivity index is 2.80. The Morgan fingerprint density at radius 2 is 2.09 bits per heavy atom. The fourth-order valence-electron chi connectivity index (χ4n) is 2.01. The molecular formula is C16H29N5O2. The minimum Gasteiger partial charge on any atom is -0.389 e. The molecule has 1 amide bonds. The maximum Gasteiger partial charge on any atom is 0.249 e. The third-order valence-electron chi connectivity index (χ3n) is 3.50. The summed E-state index contributed by atoms with van der Waals surface area (Å²) in [6, 6.07) is 1.81. The van der Waals surface area contributed by atoms with E-state index in [9.17, 15) is 9.90 Å². The SMILES string of the molecule is CCC(CC)CC(=O)/N=C(/NCC(C)(C)O)Nc1cc(C)[nH]n1. The lowest BCUT2D eigenvalue weighted by Gasteiger charge is -2.19. The Labute approximate surface area is 138 Å². The van der Waals surface area contributed by atoms with Crippen molar-refractivity contribution in [2.75, 3.05) is 11.9 Å². The van der Waals surface area contributed by atoms with Crippen molar-refractivity contribution >= 4 is 17.7 Å². The van der Waals surface area contributed by atoms with Crippen LogP contribution in [0.4, 0.5) is 5.82 Å². The molecule has 0 saturated carbocycles. The summed E-state index contributed by atoms with van der Waals surface area (Å²) in [6.45, 7) is 9.66. The van der Waals surface area contributed by atoms with Crippen molar-refractivity contribution in [3.05, 3.63) is 11.8 Å². The van der Waals surface area contributed by atoms with Gasteiger partial charge >= 0.3 is 0 Å². The number of carbonyl (C=O) groups is 1. The minimum atomic E-state index is -0.914. The molecule has 1 aromatic rings. The van der Waals surface area contributed by atoms with E-state index in [0.29, 0.717) is 24.1 Å². The van der Waals surface area contributed by atoms with E-state index >= 15 is 0 Å². The summed E-state index contributed by atoms with van der Waals surface area (Å²) in [5.41, 5.74) is -0.0137. The monoisotopic (exact) mass is 323 g/mol. The first kappa shape index (κ1) is 19.2. The molecule has 0 bridgehead atoms. The van der Waals surface area contributed by atoms with Gasteiger partial charge in [-0.25, -0.2) is 0 Å². The van der Waals surface area contributed by atoms with Gasteiger partial charge in [0.1, 0.15) is 0 Å². The van der Waals surface area contributed by atoms with Crippen LogP contribution in [0.3, 0.4) is 0 Å². The molecule has 23 heavy (non-hydrogen) atoms. The quantitative estimate of drug-likeness (QED) is 0.455. The number of aromatic amines is 1. The molecule has 0 fully saturated rings. The van der Waals surface area contributed by atoms with Crippen LogP contribution in [0.2, 0.25) is 0 Å². The summed E-state index contributed by atoms with van der Waals surface area (Å²) in [5.74, 6) is 1.03. The number of aliphatic imine (C=N–C) groups is 1. The molecule has 1 rings (SSSR count). The smallest absolute Gasteiger partial charge is 0.249 e. The van der Waals surface area contributed by atoms with Gasteiger partial charge in [-0.3, -0.25) is 9.89 Å². The highest BCUT2D eigenvalue weighted by molar-refractivity contribution is 6.00. The number of nitrogens with one attached hydrogen (secondary N) is 3. The molecule has 0 aliphatic rings. The first-order chi connectivity index (χ1) is 10.7. The predicted molar refractivity (Wildman–Crippen MR) is 92.4 cm³/mol. The summed E-state index contributed by atoms with van der Waals surface area (Å²) in [7, 11) is 0. The van der Waals surface area contributed by atoms with Crippen molar-refractivity contribution in [1.29, 1.82) is 0 Å². The van der Waals surface area contributed by atoms with Crippen LogP contribution in [0.25, 0.3) is 0 Å². The van der Waals surface area contributed by atoms with Gasteiger partial charge in [0, 0.05) is 24.7 Å². The van der Waals surface area contributed by atoms with E-state index in [-0.39, 0.29) is 12.5 Å². The van der Waals surface area contributed by atoms with Crippen LogP contribution >= 0.6 is 0 Å². The molecule has 0 spiro atoms. The van der Waals surface area contributed by atoms with Crippen LogP contribution in [0.5, 0.6) is 0 Å². The van der Waals surface area contributed by atoms with Crippen LogP contribution in [0.1, 0.15) is 52.7 Å². The third kappa shape index (κ3) is 7.78. The van der Waals surface area contributed by atoms with Crippen molar-refractivity contribution in [2.45, 2.75) is 59.5 Å². The van der Waals surface area contributed by atoms with Crippen LogP contribution < -0.4 is 10.6 Å². The highest BCUT2D eigenvalue weighted by atomic mass is 16.3. The number of amides is 1. The summed E-state index contributed by atoms with van der Waals surface area (Å²) in [4.78, 5) is 16.3. The number of nitrogens with zero attached hydrogens (tertiary/aromatic N) is 2. The molecule has 0 saturated heterocycles. The summed E-state index contributed by atoms with van der Waals surface area (Å²) in [5, 5.41) is 22.7. The summed E-state index contributed by atoms with van der Waals surface area (Å²) < 4.78 is 0. The fourth-order valence-corrected chi connectivity index (χ4v) is 2.01. The Bertz CT molecular complexity index is 527. The molecule has 0 aromatic carbocycles. The Kier molecular flexibility index (Phi) is 7.22. The molecule has 1 aromatic heterocycles. The van der Waals surface area contributed by atoms with Crippen LogP contribution in [-0.4, -0.2) is 39.3 Å². The van der Waals surface area contributed by atoms with E-state index in [0.717, 1.165) is 18.5 Å². The molecule has 1 heterocycles. The second-order valence-electron chi connectivity index (χ2n) is 6.47. The van der Waals surface area contributed by atoms with E-state index in [1.54, 1.807) is 13.8 Å². The maximum absolute atomic E-state index is 12.1. The Hall–Kier alpha value is -1.89. The first-order valence-electron chi connectivity index (χ1n) is 8.10. The van der Waals surface area contributed by atoms with Crippen molar-refractivity contribution in [3.8, 4) is 0 Å². The number of rotatable bonds is 7. The van der Waals surface area contributed by atoms with E-state index in [4.69, 9.17) is 0 Å². The Morgan fingerprint density at radius 3 is 2.57 bits per heavy atom. The van der Waals surface area contributed by atoms with Crippen molar-refractivity contribution in [2.24, 2.45) is 10.9 Å². The number of hydrogen-bond acceptors (Lipinski definition) is 3. The zero-order valence-electron chi connectivity index (χ0n) is 14.7. The number of aromatic nitrogens is 2. The number of hydrogen-bond donors (Lipinski definition) is 4. The van der Waals surface area contributed by atoms with E-state index in [1.165, 1.54) is 0 Å². The average molecular weight is 323 g/mol. The second-order valence-corrected chi connectivity index (χ2v) is 6.47. The number of aliphatic hydroxyl groups is 1. The molecule has 0 unspecified atom stereocenters. The lowest BCUT2D eigenvalue weighted by Crippen LogP contribution is -2.41. The fraction of sp³-hybridized carbons (Fsp3) is 0.688. The lowest BCUT2D eigenvalue weighted by molar-refractivity contribution is -0.118. The molecule has 0 aliphatic carbocycles. The van der Waals surface area contributed by atoms with E-state index < -0.39 is 5.60 Å². The molecule has 7 nitrogen and oxygen atoms in total. The normalized spacial score (nSPS) is 12.6. The number of aryl methyl sites for hydroxylation is 1. The molecule has 0 atom stereocenters. The largest absolute Gasteiger partial charge is 0.389 e. The van der Waals surface area contributed by atoms with E-state index in [1.807, 2.05) is 13.0 Å². The minimum absolute atomic E-state index is 0.184. The van der Waals surface area contributed by atoms with Gasteiger partial charge in [0.2, 0.25) is 11.9 Å². The van der Waals surface area contributed by atoms with Gasteiger partial charge in [0.05, 0.1) is 5.60 Å². The van der Waals surface area contributed by atoms with Gasteiger partial charge in [-0.1, -0.05) is 26.7 Å². The molecule has 0 aliphatic heterocycles. The standard InChI is InChI=1S/C16H29N5O2/c1-6-12(7-2)9-14(22)19-15(17-10-16(4,5)23)18-13-8-11(3)20-21-13/h8,12,23H,6-7,9-10H2,1-5H3,(H3,17,18,19,20,21,22). The number of carbonyl (C=O) groups excluding carboxylic acids is 1. The van der Waals surface area contributed by atoms with Crippen molar-refractivity contribution in [1.82, 2.24) is 15.5 Å². The van der Waals surface area contributed by atoms with Gasteiger partial charge < -0.3 is 15.7 Å². The molecule has 4 N–H and O–H groups in total. The first-order valence-corrected chi connectivity index (χ1v) is 8.10. The van der Waals surface area contributed by atoms with Crippen molar-refractivity contribution < 1.29 is 9.90 Å². The van der Waals surface area contributed by atoms with Gasteiger partial charge in [0.25, 0.3) is 0 Å². The number of H-pyrrole nitrogens is 1. The van der Waals surface area contributed by atoms with Crippen molar-refractivity contribution in [3.63, 3.8) is 0 Å². The Morgan fingerprint density at radius 1 is 1.43 bits per heavy atom. The van der Waals surface area contributed by atoms with Gasteiger partial charge in [-0.05, 0) is 26.7 Å².